The number of ether oxygens (including phenoxy) is 2. The molecule has 0 radical (unpaired) electrons. The van der Waals surface area contributed by atoms with Crippen LogP contribution < -0.4 is 15.8 Å². The fraction of sp³-hybridized carbons (Fsp3) is 0.429. The van der Waals surface area contributed by atoms with E-state index in [1.165, 1.54) is 19.1 Å². The number of nitrogens with one attached hydrogen (secondary N) is 1. The van der Waals surface area contributed by atoms with Gasteiger partial charge in [0.2, 0.25) is 5.88 Å². The second-order valence-electron chi connectivity index (χ2n) is 7.88. The fourth-order valence-corrected chi connectivity index (χ4v) is 3.85. The summed E-state index contributed by atoms with van der Waals surface area (Å²) < 4.78 is 78.4. The van der Waals surface area contributed by atoms with Crippen molar-refractivity contribution in [3.63, 3.8) is 0 Å². The first-order valence-electron chi connectivity index (χ1n) is 9.94. The molecule has 1 aliphatic rings. The van der Waals surface area contributed by atoms with E-state index in [1.54, 1.807) is 0 Å². The molecule has 0 bridgehead atoms. The molecule has 3 rings (SSSR count). The molecule has 0 aromatic carbocycles. The van der Waals surface area contributed by atoms with E-state index < -0.39 is 53.7 Å². The van der Waals surface area contributed by atoms with Gasteiger partial charge in [0.05, 0.1) is 19.0 Å². The lowest BCUT2D eigenvalue weighted by molar-refractivity contribution is -0.272. The van der Waals surface area contributed by atoms with Gasteiger partial charge >= 0.3 is 6.18 Å². The Bertz CT molecular complexity index is 1080. The zero-order valence-electron chi connectivity index (χ0n) is 18.2. The average molecular weight is 488 g/mol. The Labute approximate surface area is 190 Å². The zero-order valence-corrected chi connectivity index (χ0v) is 18.2. The molecule has 2 aromatic rings. The highest BCUT2D eigenvalue weighted by molar-refractivity contribution is 5.96. The monoisotopic (exact) mass is 488 g/mol. The maximum atomic E-state index is 14.0. The van der Waals surface area contributed by atoms with Gasteiger partial charge in [0.1, 0.15) is 17.5 Å². The minimum absolute atomic E-state index is 0.00901. The summed E-state index contributed by atoms with van der Waals surface area (Å²) in [6.45, 7) is 2.06. The van der Waals surface area contributed by atoms with Crippen LogP contribution in [0.2, 0.25) is 0 Å². The van der Waals surface area contributed by atoms with Gasteiger partial charge in [-0.05, 0) is 25.1 Å². The lowest BCUT2D eigenvalue weighted by Gasteiger charge is -2.31. The van der Waals surface area contributed by atoms with Crippen LogP contribution >= 0.6 is 0 Å². The van der Waals surface area contributed by atoms with Crippen LogP contribution in [-0.2, 0) is 9.53 Å². The Morgan fingerprint density at radius 2 is 1.91 bits per heavy atom. The van der Waals surface area contributed by atoms with Crippen molar-refractivity contribution in [3.05, 3.63) is 47.4 Å². The normalized spacial score (nSPS) is 24.8. The van der Waals surface area contributed by atoms with Crippen molar-refractivity contribution < 1.29 is 41.0 Å². The van der Waals surface area contributed by atoms with E-state index >= 15 is 0 Å². The Morgan fingerprint density at radius 3 is 2.41 bits per heavy atom. The first-order valence-corrected chi connectivity index (χ1v) is 9.94. The number of aromatic nitrogens is 2. The predicted octanol–water partition coefficient (Wildman–Crippen LogP) is 3.60. The van der Waals surface area contributed by atoms with Crippen molar-refractivity contribution in [2.75, 3.05) is 12.4 Å². The van der Waals surface area contributed by atoms with E-state index in [0.29, 0.717) is 0 Å². The number of carbonyl (C=O) groups is 2. The molecule has 0 aliphatic carbocycles. The van der Waals surface area contributed by atoms with Crippen molar-refractivity contribution in [1.82, 2.24) is 9.97 Å². The number of anilines is 1. The second-order valence-corrected chi connectivity index (χ2v) is 7.88. The van der Waals surface area contributed by atoms with Crippen LogP contribution in [0.15, 0.2) is 30.5 Å². The maximum absolute atomic E-state index is 14.0. The molecule has 0 unspecified atom stereocenters. The summed E-state index contributed by atoms with van der Waals surface area (Å²) in [6.07, 6.45) is -8.37. The van der Waals surface area contributed by atoms with Crippen molar-refractivity contribution >= 4 is 17.5 Å². The van der Waals surface area contributed by atoms with Gasteiger partial charge in [0, 0.05) is 17.4 Å². The molecule has 13 heteroatoms. The van der Waals surface area contributed by atoms with Crippen LogP contribution in [0.3, 0.4) is 0 Å². The molecule has 2 amide bonds. The molecule has 8 nitrogen and oxygen atoms in total. The first kappa shape index (κ1) is 25.3. The van der Waals surface area contributed by atoms with Gasteiger partial charge in [0.15, 0.2) is 5.60 Å². The summed E-state index contributed by atoms with van der Waals surface area (Å²) in [5.74, 6) is -4.67. The number of halogens is 5. The lowest BCUT2D eigenvalue weighted by Crippen LogP contribution is -2.47. The third-order valence-electron chi connectivity index (χ3n) is 5.90. The van der Waals surface area contributed by atoms with Crippen molar-refractivity contribution in [2.24, 2.45) is 11.7 Å². The molecule has 184 valence electrons. The molecule has 1 aliphatic heterocycles. The molecule has 1 fully saturated rings. The third kappa shape index (κ3) is 4.52. The zero-order chi connectivity index (χ0) is 25.4. The van der Waals surface area contributed by atoms with E-state index in [0.717, 1.165) is 32.4 Å². The van der Waals surface area contributed by atoms with E-state index in [4.69, 9.17) is 15.2 Å². The molecule has 3 N–H and O–H groups in total. The molecule has 0 spiro atoms. The summed E-state index contributed by atoms with van der Waals surface area (Å²) in [4.78, 5) is 31.7. The molecule has 2 aromatic heterocycles. The van der Waals surface area contributed by atoms with Gasteiger partial charge in [-0.3, -0.25) is 9.59 Å². The molecule has 3 heterocycles. The minimum Gasteiger partial charge on any atom is -0.481 e. The van der Waals surface area contributed by atoms with E-state index in [2.05, 4.69) is 15.3 Å². The quantitative estimate of drug-likeness (QED) is 0.601. The second kappa shape index (κ2) is 9.12. The van der Waals surface area contributed by atoms with Crippen molar-refractivity contribution in [2.45, 2.75) is 44.1 Å². The molecule has 34 heavy (non-hydrogen) atoms. The Kier molecular flexibility index (Phi) is 6.78. The summed E-state index contributed by atoms with van der Waals surface area (Å²) >= 11 is 0. The van der Waals surface area contributed by atoms with Crippen LogP contribution in [0.25, 0.3) is 0 Å². The van der Waals surface area contributed by atoms with Gasteiger partial charge < -0.3 is 20.5 Å². The number of carbonyl (C=O) groups excluding carboxylic acids is 2. The number of amides is 2. The number of rotatable bonds is 6. The summed E-state index contributed by atoms with van der Waals surface area (Å²) in [7, 11) is 1.13. The van der Waals surface area contributed by atoms with E-state index in [1.807, 2.05) is 0 Å². The SMILES string of the molecule is COc1nc(C(F)F)ccc1[C@@H]1[C@@H](C(=O)Nc2ccc(C(N)=O)nc2)O[C@](C)(C(F)(F)F)[C@@H]1C. The van der Waals surface area contributed by atoms with Gasteiger partial charge in [-0.1, -0.05) is 13.0 Å². The van der Waals surface area contributed by atoms with Crippen molar-refractivity contribution in [3.8, 4) is 5.88 Å². The Balaban J connectivity index is 2.02. The molecule has 0 saturated carbocycles. The average Bonchev–Trinajstić information content (AvgIpc) is 3.05. The summed E-state index contributed by atoms with van der Waals surface area (Å²) in [5, 5.41) is 2.40. The number of methoxy groups -OCH3 is 1. The highest BCUT2D eigenvalue weighted by atomic mass is 19.4. The number of hydrogen-bond acceptors (Lipinski definition) is 6. The Morgan fingerprint density at radius 1 is 1.24 bits per heavy atom. The van der Waals surface area contributed by atoms with Crippen LogP contribution in [-0.4, -0.2) is 46.8 Å². The number of pyridine rings is 2. The van der Waals surface area contributed by atoms with Crippen molar-refractivity contribution in [1.29, 1.82) is 0 Å². The fourth-order valence-electron chi connectivity index (χ4n) is 3.85. The van der Waals surface area contributed by atoms with E-state index in [-0.39, 0.29) is 22.8 Å². The van der Waals surface area contributed by atoms with Crippen LogP contribution in [0.1, 0.15) is 47.9 Å². The van der Waals surface area contributed by atoms with Crippen LogP contribution in [0, 0.1) is 5.92 Å². The smallest absolute Gasteiger partial charge is 0.417 e. The van der Waals surface area contributed by atoms with Crippen LogP contribution in [0.4, 0.5) is 27.6 Å². The maximum Gasteiger partial charge on any atom is 0.417 e. The Hall–Kier alpha value is -3.35. The van der Waals surface area contributed by atoms with Gasteiger partial charge in [-0.25, -0.2) is 18.7 Å². The third-order valence-corrected chi connectivity index (χ3v) is 5.90. The molecule has 1 saturated heterocycles. The molecule has 4 atom stereocenters. The highest BCUT2D eigenvalue weighted by Crippen LogP contribution is 2.54. The lowest BCUT2D eigenvalue weighted by atomic mass is 9.77. The highest BCUT2D eigenvalue weighted by Gasteiger charge is 2.65. The van der Waals surface area contributed by atoms with Gasteiger partial charge in [-0.15, -0.1) is 0 Å². The van der Waals surface area contributed by atoms with E-state index in [9.17, 15) is 31.5 Å². The molecular formula is C21H21F5N4O4. The first-order chi connectivity index (χ1) is 15.8. The number of nitrogens with two attached hydrogens (primary N) is 1. The number of nitrogens with zero attached hydrogens (tertiary/aromatic N) is 2. The molecular weight excluding hydrogens is 467 g/mol. The minimum atomic E-state index is -4.85. The van der Waals surface area contributed by atoms with Crippen LogP contribution in [0.5, 0.6) is 5.88 Å². The topological polar surface area (TPSA) is 116 Å². The predicted molar refractivity (Wildman–Crippen MR) is 108 cm³/mol. The largest absolute Gasteiger partial charge is 0.481 e. The number of hydrogen-bond donors (Lipinski definition) is 2. The van der Waals surface area contributed by atoms with Gasteiger partial charge in [-0.2, -0.15) is 13.2 Å². The standard InChI is InChI=1S/C21H21F5N4O4/c1-9-14(11-5-7-12(16(22)23)30-19(11)33-3)15(34-20(9,2)21(24,25)26)18(32)29-10-4-6-13(17(27)31)28-8-10/h4-9,14-16H,1-3H3,(H2,27,31)(H,29,32)/t9-,14-,15+,20+/m1/s1. The number of alkyl halides is 5. The summed E-state index contributed by atoms with van der Waals surface area (Å²) in [5.41, 5.74) is 1.74. The van der Waals surface area contributed by atoms with Gasteiger partial charge in [0.25, 0.3) is 18.2 Å². The summed E-state index contributed by atoms with van der Waals surface area (Å²) in [6, 6.07) is 4.63. The number of primary amides is 1.